The number of hydrogen-bond acceptors (Lipinski definition) is 3. The van der Waals surface area contributed by atoms with Crippen molar-refractivity contribution in [2.45, 2.75) is 38.4 Å². The lowest BCUT2D eigenvalue weighted by Crippen LogP contribution is -2.46. The summed E-state index contributed by atoms with van der Waals surface area (Å²) in [6.07, 6.45) is 6.94. The molecule has 1 aliphatic heterocycles. The van der Waals surface area contributed by atoms with Crippen LogP contribution in [0.1, 0.15) is 30.4 Å². The highest BCUT2D eigenvalue weighted by Gasteiger charge is 2.20. The molecule has 116 valence electrons. The normalized spacial score (nSPS) is 18.1. The van der Waals surface area contributed by atoms with Crippen molar-refractivity contribution >= 4 is 5.91 Å². The van der Waals surface area contributed by atoms with Crippen LogP contribution in [0.3, 0.4) is 0 Å². The maximum atomic E-state index is 12.2. The Morgan fingerprint density at radius 2 is 2.14 bits per heavy atom. The lowest BCUT2D eigenvalue weighted by molar-refractivity contribution is -0.123. The highest BCUT2D eigenvalue weighted by atomic mass is 16.2. The molecule has 0 aliphatic carbocycles. The molecule has 1 atom stereocenters. The Morgan fingerprint density at radius 3 is 2.86 bits per heavy atom. The number of nitrogens with zero attached hydrogens (tertiary/aromatic N) is 2. The Kier molecular flexibility index (Phi) is 4.85. The molecule has 1 saturated heterocycles. The number of piperidine rings is 1. The van der Waals surface area contributed by atoms with Gasteiger partial charge in [-0.05, 0) is 36.6 Å². The van der Waals surface area contributed by atoms with E-state index < -0.39 is 0 Å². The van der Waals surface area contributed by atoms with E-state index in [0.717, 1.165) is 37.9 Å². The zero-order valence-corrected chi connectivity index (χ0v) is 12.7. The molecule has 2 aromatic rings. The van der Waals surface area contributed by atoms with Crippen LogP contribution in [0, 0.1) is 0 Å². The SMILES string of the molecule is O=C(NCc1ccccc1Cn1cccn1)C1CCCCN1. The molecule has 1 fully saturated rings. The van der Waals surface area contributed by atoms with Crippen LogP contribution in [0.15, 0.2) is 42.7 Å². The molecular formula is C17H22N4O. The predicted octanol–water partition coefficient (Wildman–Crippen LogP) is 1.69. The van der Waals surface area contributed by atoms with E-state index in [4.69, 9.17) is 0 Å². The first-order valence-electron chi connectivity index (χ1n) is 7.88. The van der Waals surface area contributed by atoms with Gasteiger partial charge in [-0.15, -0.1) is 0 Å². The summed E-state index contributed by atoms with van der Waals surface area (Å²) in [5.74, 6) is 0.105. The lowest BCUT2D eigenvalue weighted by atomic mass is 10.0. The van der Waals surface area contributed by atoms with Gasteiger partial charge >= 0.3 is 0 Å². The summed E-state index contributed by atoms with van der Waals surface area (Å²) in [4.78, 5) is 12.2. The number of hydrogen-bond donors (Lipinski definition) is 2. The molecule has 1 unspecified atom stereocenters. The quantitative estimate of drug-likeness (QED) is 0.883. The number of rotatable bonds is 5. The summed E-state index contributed by atoms with van der Waals surface area (Å²) in [5.41, 5.74) is 2.32. The van der Waals surface area contributed by atoms with Crippen LogP contribution in [0.25, 0.3) is 0 Å². The molecule has 1 aromatic heterocycles. The van der Waals surface area contributed by atoms with Crippen molar-refractivity contribution in [2.75, 3.05) is 6.54 Å². The number of benzene rings is 1. The van der Waals surface area contributed by atoms with E-state index in [1.807, 2.05) is 29.1 Å². The van der Waals surface area contributed by atoms with Gasteiger partial charge in [0.1, 0.15) is 0 Å². The monoisotopic (exact) mass is 298 g/mol. The van der Waals surface area contributed by atoms with Gasteiger partial charge in [-0.2, -0.15) is 5.10 Å². The predicted molar refractivity (Wildman–Crippen MR) is 85.3 cm³/mol. The zero-order valence-electron chi connectivity index (χ0n) is 12.7. The van der Waals surface area contributed by atoms with Crippen molar-refractivity contribution in [1.29, 1.82) is 0 Å². The Labute approximate surface area is 130 Å². The van der Waals surface area contributed by atoms with Gasteiger partial charge in [0, 0.05) is 18.9 Å². The van der Waals surface area contributed by atoms with Crippen LogP contribution in [0.4, 0.5) is 0 Å². The maximum absolute atomic E-state index is 12.2. The minimum atomic E-state index is -0.0352. The van der Waals surface area contributed by atoms with E-state index >= 15 is 0 Å². The second-order valence-corrected chi connectivity index (χ2v) is 5.69. The fraction of sp³-hybridized carbons (Fsp3) is 0.412. The fourth-order valence-corrected chi connectivity index (χ4v) is 2.83. The van der Waals surface area contributed by atoms with Gasteiger partial charge in [0.15, 0.2) is 0 Å². The molecule has 3 rings (SSSR count). The summed E-state index contributed by atoms with van der Waals surface area (Å²) in [6.45, 7) is 2.23. The standard InChI is InChI=1S/C17H22N4O/c22-17(16-8-3-4-9-18-16)19-12-14-6-1-2-7-15(14)13-21-11-5-10-20-21/h1-2,5-7,10-11,16,18H,3-4,8-9,12-13H2,(H,19,22). The fourth-order valence-electron chi connectivity index (χ4n) is 2.83. The van der Waals surface area contributed by atoms with Gasteiger partial charge in [-0.3, -0.25) is 9.48 Å². The van der Waals surface area contributed by atoms with Gasteiger partial charge in [0.05, 0.1) is 12.6 Å². The van der Waals surface area contributed by atoms with Crippen LogP contribution < -0.4 is 10.6 Å². The number of amides is 1. The molecule has 0 bridgehead atoms. The molecule has 1 aromatic carbocycles. The van der Waals surface area contributed by atoms with E-state index in [9.17, 15) is 4.79 Å². The number of nitrogens with one attached hydrogen (secondary N) is 2. The summed E-state index contributed by atoms with van der Waals surface area (Å²) in [7, 11) is 0. The molecule has 2 heterocycles. The van der Waals surface area contributed by atoms with Crippen molar-refractivity contribution in [2.24, 2.45) is 0 Å². The first-order chi connectivity index (χ1) is 10.8. The smallest absolute Gasteiger partial charge is 0.237 e. The topological polar surface area (TPSA) is 59.0 Å². The van der Waals surface area contributed by atoms with Gasteiger partial charge in [0.2, 0.25) is 5.91 Å². The zero-order chi connectivity index (χ0) is 15.2. The second kappa shape index (κ2) is 7.22. The third-order valence-corrected chi connectivity index (χ3v) is 4.09. The summed E-state index contributed by atoms with van der Waals surface area (Å²) in [5, 5.41) is 10.6. The van der Waals surface area contributed by atoms with Gasteiger partial charge < -0.3 is 10.6 Å². The van der Waals surface area contributed by atoms with Gasteiger partial charge in [0.25, 0.3) is 0 Å². The van der Waals surface area contributed by atoms with Crippen molar-refractivity contribution in [3.05, 3.63) is 53.9 Å². The Balaban J connectivity index is 1.61. The molecule has 2 N–H and O–H groups in total. The lowest BCUT2D eigenvalue weighted by Gasteiger charge is -2.22. The average Bonchev–Trinajstić information content (AvgIpc) is 3.07. The van der Waals surface area contributed by atoms with Crippen molar-refractivity contribution in [3.63, 3.8) is 0 Å². The van der Waals surface area contributed by atoms with E-state index in [-0.39, 0.29) is 11.9 Å². The third kappa shape index (κ3) is 3.74. The Hall–Kier alpha value is -2.14. The van der Waals surface area contributed by atoms with E-state index in [0.29, 0.717) is 6.54 Å². The van der Waals surface area contributed by atoms with Crippen LogP contribution in [0.2, 0.25) is 0 Å². The number of carbonyl (C=O) groups excluding carboxylic acids is 1. The molecule has 5 heteroatoms. The molecule has 1 amide bonds. The number of aromatic nitrogens is 2. The van der Waals surface area contributed by atoms with Gasteiger partial charge in [-0.1, -0.05) is 30.7 Å². The van der Waals surface area contributed by atoms with Crippen molar-refractivity contribution in [3.8, 4) is 0 Å². The first-order valence-corrected chi connectivity index (χ1v) is 7.88. The molecule has 0 saturated carbocycles. The summed E-state index contributed by atoms with van der Waals surface area (Å²) >= 11 is 0. The third-order valence-electron chi connectivity index (χ3n) is 4.09. The van der Waals surface area contributed by atoms with E-state index in [2.05, 4.69) is 27.9 Å². The molecule has 0 spiro atoms. The van der Waals surface area contributed by atoms with Crippen LogP contribution in [-0.4, -0.2) is 28.3 Å². The minimum Gasteiger partial charge on any atom is -0.351 e. The summed E-state index contributed by atoms with van der Waals surface area (Å²) < 4.78 is 1.89. The molecule has 5 nitrogen and oxygen atoms in total. The van der Waals surface area contributed by atoms with Gasteiger partial charge in [-0.25, -0.2) is 0 Å². The Bertz CT molecular complexity index is 603. The molecule has 0 radical (unpaired) electrons. The van der Waals surface area contributed by atoms with Crippen LogP contribution >= 0.6 is 0 Å². The minimum absolute atomic E-state index is 0.0352. The van der Waals surface area contributed by atoms with Crippen molar-refractivity contribution < 1.29 is 4.79 Å². The molecule has 22 heavy (non-hydrogen) atoms. The average molecular weight is 298 g/mol. The second-order valence-electron chi connectivity index (χ2n) is 5.69. The maximum Gasteiger partial charge on any atom is 0.237 e. The summed E-state index contributed by atoms with van der Waals surface area (Å²) in [6, 6.07) is 10.1. The highest BCUT2D eigenvalue weighted by Crippen LogP contribution is 2.11. The van der Waals surface area contributed by atoms with E-state index in [1.165, 1.54) is 5.56 Å². The number of carbonyl (C=O) groups is 1. The molecule has 1 aliphatic rings. The van der Waals surface area contributed by atoms with Crippen LogP contribution in [-0.2, 0) is 17.9 Å². The highest BCUT2D eigenvalue weighted by molar-refractivity contribution is 5.81. The molecular weight excluding hydrogens is 276 g/mol. The van der Waals surface area contributed by atoms with Crippen molar-refractivity contribution in [1.82, 2.24) is 20.4 Å². The largest absolute Gasteiger partial charge is 0.351 e. The van der Waals surface area contributed by atoms with E-state index in [1.54, 1.807) is 6.20 Å². The first kappa shape index (κ1) is 14.8. The van der Waals surface area contributed by atoms with Crippen LogP contribution in [0.5, 0.6) is 0 Å². The Morgan fingerprint density at radius 1 is 1.27 bits per heavy atom.